The van der Waals surface area contributed by atoms with Crippen LogP contribution in [0.3, 0.4) is 0 Å². The van der Waals surface area contributed by atoms with E-state index in [1.807, 2.05) is 36.1 Å². The number of thiol groups is 1. The number of likely N-dealkylation sites (N-methyl/N-ethyl adjacent to an activating group) is 1. The fourth-order valence-corrected chi connectivity index (χ4v) is 2.33. The number of amides is 1. The molecule has 1 aliphatic rings. The molecule has 0 aromatic heterocycles. The lowest BCUT2D eigenvalue weighted by Gasteiger charge is -2.24. The summed E-state index contributed by atoms with van der Waals surface area (Å²) in [6.07, 6.45) is 2.36. The van der Waals surface area contributed by atoms with Crippen molar-refractivity contribution in [3.8, 4) is 0 Å². The monoisotopic (exact) mass is 265 g/mol. The fraction of sp³-hybridized carbons (Fsp3) is 0.500. The number of rotatable bonds is 4. The van der Waals surface area contributed by atoms with Crippen molar-refractivity contribution >= 4 is 18.5 Å². The second-order valence-electron chi connectivity index (χ2n) is 4.53. The van der Waals surface area contributed by atoms with Gasteiger partial charge in [0, 0.05) is 30.2 Å². The second kappa shape index (κ2) is 6.25. The molecule has 1 aromatic rings. The molecule has 1 aliphatic heterocycles. The molecule has 0 aliphatic carbocycles. The Morgan fingerprint density at radius 1 is 1.44 bits per heavy atom. The number of ether oxygens (including phenoxy) is 1. The largest absolute Gasteiger partial charge is 0.376 e. The molecule has 0 radical (unpaired) electrons. The van der Waals surface area contributed by atoms with E-state index in [9.17, 15) is 4.79 Å². The van der Waals surface area contributed by atoms with Crippen LogP contribution in [-0.4, -0.2) is 36.6 Å². The van der Waals surface area contributed by atoms with E-state index >= 15 is 0 Å². The summed E-state index contributed by atoms with van der Waals surface area (Å²) in [6, 6.07) is 7.33. The van der Waals surface area contributed by atoms with E-state index in [4.69, 9.17) is 4.74 Å². The van der Waals surface area contributed by atoms with Gasteiger partial charge in [0.05, 0.1) is 6.10 Å². The second-order valence-corrected chi connectivity index (χ2v) is 5.04. The summed E-state index contributed by atoms with van der Waals surface area (Å²) in [4.78, 5) is 15.0. The molecule has 4 heteroatoms. The van der Waals surface area contributed by atoms with Gasteiger partial charge >= 0.3 is 0 Å². The first-order chi connectivity index (χ1) is 8.70. The maximum atomic E-state index is 12.3. The van der Waals surface area contributed by atoms with Crippen molar-refractivity contribution in [3.05, 3.63) is 29.8 Å². The Morgan fingerprint density at radius 3 is 2.72 bits per heavy atom. The van der Waals surface area contributed by atoms with Gasteiger partial charge in [-0.2, -0.15) is 0 Å². The van der Waals surface area contributed by atoms with Gasteiger partial charge in [0.2, 0.25) is 0 Å². The van der Waals surface area contributed by atoms with Gasteiger partial charge in [0.25, 0.3) is 5.91 Å². The molecule has 0 spiro atoms. The lowest BCUT2D eigenvalue weighted by molar-refractivity contribution is 0.0539. The number of carbonyl (C=O) groups is 1. The third-order valence-electron chi connectivity index (χ3n) is 3.23. The van der Waals surface area contributed by atoms with Gasteiger partial charge in [-0.15, -0.1) is 12.6 Å². The van der Waals surface area contributed by atoms with Crippen molar-refractivity contribution in [3.63, 3.8) is 0 Å². The Kier molecular flexibility index (Phi) is 4.66. The lowest BCUT2D eigenvalue weighted by atomic mass is 10.1. The van der Waals surface area contributed by atoms with Crippen LogP contribution in [-0.2, 0) is 4.74 Å². The van der Waals surface area contributed by atoms with Gasteiger partial charge in [0.1, 0.15) is 0 Å². The molecule has 1 fully saturated rings. The minimum absolute atomic E-state index is 0.0707. The zero-order valence-electron chi connectivity index (χ0n) is 10.6. The van der Waals surface area contributed by atoms with Crippen molar-refractivity contribution in [1.82, 2.24) is 4.90 Å². The van der Waals surface area contributed by atoms with Crippen LogP contribution in [0.5, 0.6) is 0 Å². The van der Waals surface area contributed by atoms with Gasteiger partial charge in [-0.1, -0.05) is 0 Å². The van der Waals surface area contributed by atoms with Crippen molar-refractivity contribution in [2.24, 2.45) is 0 Å². The van der Waals surface area contributed by atoms with Crippen LogP contribution in [0.1, 0.15) is 30.1 Å². The van der Waals surface area contributed by atoms with E-state index in [2.05, 4.69) is 12.6 Å². The van der Waals surface area contributed by atoms with Crippen molar-refractivity contribution in [1.29, 1.82) is 0 Å². The summed E-state index contributed by atoms with van der Waals surface area (Å²) >= 11 is 4.22. The van der Waals surface area contributed by atoms with Gasteiger partial charge < -0.3 is 9.64 Å². The molecule has 2 rings (SSSR count). The van der Waals surface area contributed by atoms with Crippen LogP contribution in [0, 0.1) is 0 Å². The molecule has 1 amide bonds. The molecule has 1 aromatic carbocycles. The molecule has 1 unspecified atom stereocenters. The highest BCUT2D eigenvalue weighted by Crippen LogP contribution is 2.15. The summed E-state index contributed by atoms with van der Waals surface area (Å²) in [7, 11) is 0. The SMILES string of the molecule is CCN(CC1CCCO1)C(=O)c1ccc(S)cc1. The molecule has 3 nitrogen and oxygen atoms in total. The predicted octanol–water partition coefficient (Wildman–Crippen LogP) is 2.62. The molecular weight excluding hydrogens is 246 g/mol. The Hall–Kier alpha value is -1.00. The highest BCUT2D eigenvalue weighted by Gasteiger charge is 2.22. The summed E-state index contributed by atoms with van der Waals surface area (Å²) in [5, 5.41) is 0. The normalized spacial score (nSPS) is 18.9. The molecule has 0 bridgehead atoms. The van der Waals surface area contributed by atoms with Gasteiger partial charge in [-0.05, 0) is 44.0 Å². The topological polar surface area (TPSA) is 29.5 Å². The molecule has 1 saturated heterocycles. The average molecular weight is 265 g/mol. The highest BCUT2D eigenvalue weighted by atomic mass is 32.1. The maximum absolute atomic E-state index is 12.3. The zero-order valence-corrected chi connectivity index (χ0v) is 11.5. The van der Waals surface area contributed by atoms with Crippen LogP contribution in [0.25, 0.3) is 0 Å². The van der Waals surface area contributed by atoms with Crippen LogP contribution < -0.4 is 0 Å². The Labute approximate surface area is 114 Å². The number of carbonyl (C=O) groups excluding carboxylic acids is 1. The molecule has 1 atom stereocenters. The third-order valence-corrected chi connectivity index (χ3v) is 3.53. The average Bonchev–Trinajstić information content (AvgIpc) is 2.89. The maximum Gasteiger partial charge on any atom is 0.253 e. The van der Waals surface area contributed by atoms with Crippen molar-refractivity contribution in [2.75, 3.05) is 19.7 Å². The first-order valence-electron chi connectivity index (χ1n) is 6.40. The molecule has 0 saturated carbocycles. The van der Waals surface area contributed by atoms with E-state index in [0.717, 1.165) is 24.3 Å². The summed E-state index contributed by atoms with van der Waals surface area (Å²) in [6.45, 7) is 4.23. The summed E-state index contributed by atoms with van der Waals surface area (Å²) in [5.74, 6) is 0.0707. The van der Waals surface area contributed by atoms with Crippen LogP contribution in [0.4, 0.5) is 0 Å². The molecule has 0 N–H and O–H groups in total. The van der Waals surface area contributed by atoms with E-state index in [1.165, 1.54) is 0 Å². The lowest BCUT2D eigenvalue weighted by Crippen LogP contribution is -2.37. The minimum atomic E-state index is 0.0707. The predicted molar refractivity (Wildman–Crippen MR) is 74.2 cm³/mol. The molecule has 18 heavy (non-hydrogen) atoms. The standard InChI is InChI=1S/C14H19NO2S/c1-2-15(10-12-4-3-9-17-12)14(16)11-5-7-13(18)8-6-11/h5-8,12,18H,2-4,9-10H2,1H3. The van der Waals surface area contributed by atoms with E-state index in [-0.39, 0.29) is 12.0 Å². The van der Waals surface area contributed by atoms with E-state index in [0.29, 0.717) is 18.7 Å². The Bertz CT molecular complexity index is 399. The number of hydrogen-bond donors (Lipinski definition) is 1. The minimum Gasteiger partial charge on any atom is -0.376 e. The summed E-state index contributed by atoms with van der Waals surface area (Å²) < 4.78 is 5.58. The highest BCUT2D eigenvalue weighted by molar-refractivity contribution is 7.80. The number of nitrogens with zero attached hydrogens (tertiary/aromatic N) is 1. The fourth-order valence-electron chi connectivity index (χ4n) is 2.18. The van der Waals surface area contributed by atoms with E-state index < -0.39 is 0 Å². The first-order valence-corrected chi connectivity index (χ1v) is 6.85. The Balaban J connectivity index is 2.02. The quantitative estimate of drug-likeness (QED) is 0.848. The van der Waals surface area contributed by atoms with Crippen molar-refractivity contribution in [2.45, 2.75) is 30.8 Å². The van der Waals surface area contributed by atoms with E-state index in [1.54, 1.807) is 0 Å². The Morgan fingerprint density at radius 2 is 2.17 bits per heavy atom. The van der Waals surface area contributed by atoms with Gasteiger partial charge in [0.15, 0.2) is 0 Å². The van der Waals surface area contributed by atoms with Gasteiger partial charge in [-0.3, -0.25) is 4.79 Å². The zero-order chi connectivity index (χ0) is 13.0. The molecule has 1 heterocycles. The first kappa shape index (κ1) is 13.4. The number of hydrogen-bond acceptors (Lipinski definition) is 3. The third kappa shape index (κ3) is 3.27. The number of benzene rings is 1. The summed E-state index contributed by atoms with van der Waals surface area (Å²) in [5.41, 5.74) is 0.715. The van der Waals surface area contributed by atoms with Crippen LogP contribution >= 0.6 is 12.6 Å². The molecule has 98 valence electrons. The van der Waals surface area contributed by atoms with Crippen LogP contribution in [0.15, 0.2) is 29.2 Å². The van der Waals surface area contributed by atoms with Gasteiger partial charge in [-0.25, -0.2) is 0 Å². The molecular formula is C14H19NO2S. The smallest absolute Gasteiger partial charge is 0.253 e. The van der Waals surface area contributed by atoms with Crippen molar-refractivity contribution < 1.29 is 9.53 Å². The van der Waals surface area contributed by atoms with Crippen LogP contribution in [0.2, 0.25) is 0 Å².